The van der Waals surface area contributed by atoms with E-state index in [0.29, 0.717) is 36.6 Å². The molecule has 0 N–H and O–H groups in total. The average Bonchev–Trinajstić information content (AvgIpc) is 2.36. The number of benzene rings is 2. The normalized spacial score (nSPS) is 10.1. The van der Waals surface area contributed by atoms with E-state index in [4.69, 9.17) is 44.8 Å². The second kappa shape index (κ2) is 6.02. The van der Waals surface area contributed by atoms with Crippen molar-refractivity contribution in [1.82, 2.24) is 0 Å². The molecule has 0 aliphatic heterocycles. The molecule has 0 saturated heterocycles. The standard InChI is InChI=1S/C13H5BrCl3NO/c14-8-2-1-3-12(7(8)6-18)19-13-5-10(16)9(15)4-11(13)17/h1-5H. The molecule has 6 heteroatoms. The fraction of sp³-hybridized carbons (Fsp3) is 0. The minimum Gasteiger partial charge on any atom is -0.454 e. The molecule has 2 rings (SSSR count). The lowest BCUT2D eigenvalue weighted by Gasteiger charge is -2.10. The summed E-state index contributed by atoms with van der Waals surface area (Å²) in [4.78, 5) is 0. The van der Waals surface area contributed by atoms with Crippen molar-refractivity contribution in [3.05, 3.63) is 55.4 Å². The molecule has 2 aromatic rings. The summed E-state index contributed by atoms with van der Waals surface area (Å²) < 4.78 is 6.26. The van der Waals surface area contributed by atoms with Gasteiger partial charge in [0.2, 0.25) is 0 Å². The average molecular weight is 377 g/mol. The van der Waals surface area contributed by atoms with E-state index >= 15 is 0 Å². The molecule has 2 aromatic carbocycles. The zero-order valence-corrected chi connectivity index (χ0v) is 13.1. The van der Waals surface area contributed by atoms with Gasteiger partial charge in [-0.25, -0.2) is 0 Å². The van der Waals surface area contributed by atoms with E-state index in [1.807, 2.05) is 0 Å². The maximum absolute atomic E-state index is 9.11. The molecule has 96 valence electrons. The van der Waals surface area contributed by atoms with Gasteiger partial charge in [0.1, 0.15) is 23.1 Å². The van der Waals surface area contributed by atoms with Crippen LogP contribution in [0.25, 0.3) is 0 Å². The number of nitriles is 1. The molecule has 0 atom stereocenters. The molecule has 0 bridgehead atoms. The van der Waals surface area contributed by atoms with Gasteiger partial charge in [-0.05, 0) is 34.1 Å². The zero-order valence-electron chi connectivity index (χ0n) is 9.25. The smallest absolute Gasteiger partial charge is 0.147 e. The lowest BCUT2D eigenvalue weighted by atomic mass is 10.2. The van der Waals surface area contributed by atoms with Crippen LogP contribution in [0.5, 0.6) is 11.5 Å². The van der Waals surface area contributed by atoms with Crippen molar-refractivity contribution in [3.8, 4) is 17.6 Å². The highest BCUT2D eigenvalue weighted by molar-refractivity contribution is 9.10. The molecule has 0 fully saturated rings. The third-order valence-electron chi connectivity index (χ3n) is 2.28. The summed E-state index contributed by atoms with van der Waals surface area (Å²) in [7, 11) is 0. The van der Waals surface area contributed by atoms with Gasteiger partial charge in [0.15, 0.2) is 0 Å². The molecule has 0 amide bonds. The maximum atomic E-state index is 9.11. The van der Waals surface area contributed by atoms with Crippen LogP contribution in [0.1, 0.15) is 5.56 Å². The predicted octanol–water partition coefficient (Wildman–Crippen LogP) is 6.07. The van der Waals surface area contributed by atoms with Gasteiger partial charge in [0, 0.05) is 10.5 Å². The highest BCUT2D eigenvalue weighted by atomic mass is 79.9. The summed E-state index contributed by atoms with van der Waals surface area (Å²) >= 11 is 21.1. The van der Waals surface area contributed by atoms with Gasteiger partial charge in [-0.15, -0.1) is 0 Å². The van der Waals surface area contributed by atoms with E-state index in [9.17, 15) is 0 Å². The lowest BCUT2D eigenvalue weighted by molar-refractivity contribution is 0.481. The lowest BCUT2D eigenvalue weighted by Crippen LogP contribution is -1.90. The molecule has 0 spiro atoms. The van der Waals surface area contributed by atoms with Gasteiger partial charge in [-0.2, -0.15) is 5.26 Å². The number of ether oxygens (including phenoxy) is 1. The number of hydrogen-bond acceptors (Lipinski definition) is 2. The minimum absolute atomic E-state index is 0.318. The fourth-order valence-electron chi connectivity index (χ4n) is 1.40. The van der Waals surface area contributed by atoms with Crippen molar-refractivity contribution in [1.29, 1.82) is 5.26 Å². The molecule has 2 nitrogen and oxygen atoms in total. The third-order valence-corrected chi connectivity index (χ3v) is 3.96. The van der Waals surface area contributed by atoms with Crippen molar-refractivity contribution in [2.45, 2.75) is 0 Å². The first-order valence-corrected chi connectivity index (χ1v) is 6.96. The Kier molecular flexibility index (Phi) is 4.59. The van der Waals surface area contributed by atoms with Crippen LogP contribution in [-0.2, 0) is 0 Å². The number of halogens is 4. The zero-order chi connectivity index (χ0) is 14.0. The van der Waals surface area contributed by atoms with Crippen LogP contribution < -0.4 is 4.74 Å². The van der Waals surface area contributed by atoms with Gasteiger partial charge < -0.3 is 4.74 Å². The highest BCUT2D eigenvalue weighted by Gasteiger charge is 2.12. The first-order valence-electron chi connectivity index (χ1n) is 5.04. The first kappa shape index (κ1) is 14.5. The quantitative estimate of drug-likeness (QED) is 0.595. The van der Waals surface area contributed by atoms with Crippen molar-refractivity contribution in [3.63, 3.8) is 0 Å². The van der Waals surface area contributed by atoms with Crippen LogP contribution in [0.15, 0.2) is 34.8 Å². The molecule has 0 unspecified atom stereocenters. The summed E-state index contributed by atoms with van der Waals surface area (Å²) in [6.07, 6.45) is 0. The predicted molar refractivity (Wildman–Crippen MR) is 80.4 cm³/mol. The van der Waals surface area contributed by atoms with Crippen molar-refractivity contribution >= 4 is 50.7 Å². The third kappa shape index (κ3) is 3.16. The van der Waals surface area contributed by atoms with Crippen LogP contribution in [0.2, 0.25) is 15.1 Å². The second-order valence-corrected chi connectivity index (χ2v) is 5.60. The van der Waals surface area contributed by atoms with E-state index in [0.717, 1.165) is 0 Å². The van der Waals surface area contributed by atoms with E-state index in [1.54, 1.807) is 18.2 Å². The van der Waals surface area contributed by atoms with Gasteiger partial charge >= 0.3 is 0 Å². The van der Waals surface area contributed by atoms with E-state index in [2.05, 4.69) is 22.0 Å². The van der Waals surface area contributed by atoms with Crippen molar-refractivity contribution in [2.75, 3.05) is 0 Å². The molecule has 0 aliphatic rings. The van der Waals surface area contributed by atoms with Gasteiger partial charge in [-0.1, -0.05) is 40.9 Å². The fourth-order valence-corrected chi connectivity index (χ4v) is 2.41. The Labute approximate surface area is 133 Å². The highest BCUT2D eigenvalue weighted by Crippen LogP contribution is 2.38. The van der Waals surface area contributed by atoms with Crippen LogP contribution in [-0.4, -0.2) is 0 Å². The number of nitrogens with zero attached hydrogens (tertiary/aromatic N) is 1. The Hall–Kier alpha value is -0.920. The summed E-state index contributed by atoms with van der Waals surface area (Å²) in [5, 5.41) is 10.1. The largest absolute Gasteiger partial charge is 0.454 e. The summed E-state index contributed by atoms with van der Waals surface area (Å²) in [5.41, 5.74) is 0.379. The Morgan fingerprint density at radius 3 is 2.37 bits per heavy atom. The summed E-state index contributed by atoms with van der Waals surface area (Å²) in [6.45, 7) is 0. The second-order valence-electron chi connectivity index (χ2n) is 3.52. The van der Waals surface area contributed by atoms with E-state index in [1.165, 1.54) is 12.1 Å². The molecular formula is C13H5BrCl3NO. The van der Waals surface area contributed by atoms with Gasteiger partial charge in [-0.3, -0.25) is 0 Å². The van der Waals surface area contributed by atoms with Gasteiger partial charge in [0.05, 0.1) is 15.1 Å². The van der Waals surface area contributed by atoms with Crippen LogP contribution in [0.4, 0.5) is 0 Å². The van der Waals surface area contributed by atoms with E-state index in [-0.39, 0.29) is 0 Å². The molecule has 0 aliphatic carbocycles. The van der Waals surface area contributed by atoms with Crippen molar-refractivity contribution in [2.24, 2.45) is 0 Å². The minimum atomic E-state index is 0.318. The molecule has 19 heavy (non-hydrogen) atoms. The molecule has 0 radical (unpaired) electrons. The number of rotatable bonds is 2. The molecular weight excluding hydrogens is 372 g/mol. The van der Waals surface area contributed by atoms with Crippen LogP contribution in [0.3, 0.4) is 0 Å². The Morgan fingerprint density at radius 1 is 1.00 bits per heavy atom. The molecule has 0 heterocycles. The van der Waals surface area contributed by atoms with Gasteiger partial charge in [0.25, 0.3) is 0 Å². The SMILES string of the molecule is N#Cc1c(Br)cccc1Oc1cc(Cl)c(Cl)cc1Cl. The van der Waals surface area contributed by atoms with Crippen molar-refractivity contribution < 1.29 is 4.74 Å². The van der Waals surface area contributed by atoms with Crippen LogP contribution >= 0.6 is 50.7 Å². The molecule has 0 aromatic heterocycles. The summed E-state index contributed by atoms with van der Waals surface area (Å²) in [6, 6.07) is 10.2. The monoisotopic (exact) mass is 375 g/mol. The Morgan fingerprint density at radius 2 is 1.68 bits per heavy atom. The molecule has 0 saturated carbocycles. The topological polar surface area (TPSA) is 33.0 Å². The Balaban J connectivity index is 2.45. The van der Waals surface area contributed by atoms with Crippen LogP contribution in [0, 0.1) is 11.3 Å². The summed E-state index contributed by atoms with van der Waals surface area (Å²) in [5.74, 6) is 0.725. The van der Waals surface area contributed by atoms with E-state index < -0.39 is 0 Å². The maximum Gasteiger partial charge on any atom is 0.147 e. The first-order chi connectivity index (χ1) is 9.02. The number of hydrogen-bond donors (Lipinski definition) is 0. The Bertz CT molecular complexity index is 682.